The zero-order chi connectivity index (χ0) is 13.5. The first-order valence-electron chi connectivity index (χ1n) is 9.10. The molecule has 2 bridgehead atoms. The second kappa shape index (κ2) is 5.58. The van der Waals surface area contributed by atoms with Gasteiger partial charge in [0.05, 0.1) is 0 Å². The van der Waals surface area contributed by atoms with E-state index in [1.165, 1.54) is 64.5 Å². The Labute approximate surface area is 124 Å². The molecule has 3 atom stereocenters. The summed E-state index contributed by atoms with van der Waals surface area (Å²) in [5, 5.41) is 3.72. The van der Waals surface area contributed by atoms with Crippen molar-refractivity contribution in [3.8, 4) is 0 Å². The third kappa shape index (κ3) is 2.53. The monoisotopic (exact) mass is 277 g/mol. The van der Waals surface area contributed by atoms with Crippen LogP contribution in [0.2, 0.25) is 0 Å². The van der Waals surface area contributed by atoms with Crippen molar-refractivity contribution in [2.24, 2.45) is 0 Å². The van der Waals surface area contributed by atoms with Crippen LogP contribution >= 0.6 is 0 Å². The van der Waals surface area contributed by atoms with Crippen molar-refractivity contribution in [2.45, 2.75) is 88.5 Å². The van der Waals surface area contributed by atoms with Crippen LogP contribution in [0, 0.1) is 0 Å². The van der Waals surface area contributed by atoms with E-state index in [4.69, 9.17) is 0 Å². The molecule has 4 rings (SSSR count). The molecule has 0 aromatic heterocycles. The summed E-state index contributed by atoms with van der Waals surface area (Å²) in [5.74, 6) is 0. The predicted octanol–water partition coefficient (Wildman–Crippen LogP) is 2.22. The van der Waals surface area contributed by atoms with Gasteiger partial charge in [0.15, 0.2) is 0 Å². The van der Waals surface area contributed by atoms with E-state index in [1.807, 2.05) is 0 Å². The fourth-order valence-corrected chi connectivity index (χ4v) is 5.25. The summed E-state index contributed by atoms with van der Waals surface area (Å²) < 4.78 is 0. The standard InChI is InChI=1S/C17H31N3/c1-2-18-13-10-15-4-3-5-16(11-13)20(15)17-8-9-19(12-17)14-6-7-14/h13-18H,2-12H2,1H3. The minimum atomic E-state index is 0.799. The Bertz CT molecular complexity index is 327. The van der Waals surface area contributed by atoms with E-state index in [2.05, 4.69) is 22.0 Å². The fourth-order valence-electron chi connectivity index (χ4n) is 5.25. The van der Waals surface area contributed by atoms with Crippen LogP contribution in [0.25, 0.3) is 0 Å². The molecule has 1 aliphatic carbocycles. The van der Waals surface area contributed by atoms with Gasteiger partial charge in [-0.1, -0.05) is 13.3 Å². The summed E-state index contributed by atoms with van der Waals surface area (Å²) in [4.78, 5) is 5.77. The van der Waals surface area contributed by atoms with Gasteiger partial charge in [-0.3, -0.25) is 9.80 Å². The number of nitrogens with one attached hydrogen (secondary N) is 1. The van der Waals surface area contributed by atoms with E-state index in [-0.39, 0.29) is 0 Å². The van der Waals surface area contributed by atoms with Crippen LogP contribution in [0.5, 0.6) is 0 Å². The van der Waals surface area contributed by atoms with Gasteiger partial charge in [0, 0.05) is 43.3 Å². The third-order valence-electron chi connectivity index (χ3n) is 6.20. The van der Waals surface area contributed by atoms with E-state index in [1.54, 1.807) is 0 Å². The first-order chi connectivity index (χ1) is 9.85. The molecular weight excluding hydrogens is 246 g/mol. The second-order valence-electron chi connectivity index (χ2n) is 7.58. The summed E-state index contributed by atoms with van der Waals surface area (Å²) in [6.07, 6.45) is 11.6. The molecule has 3 nitrogen and oxygen atoms in total. The Morgan fingerprint density at radius 1 is 0.900 bits per heavy atom. The Hall–Kier alpha value is -0.120. The topological polar surface area (TPSA) is 18.5 Å². The first kappa shape index (κ1) is 13.5. The summed E-state index contributed by atoms with van der Waals surface area (Å²) in [5.41, 5.74) is 0. The number of hydrogen-bond acceptors (Lipinski definition) is 3. The maximum Gasteiger partial charge on any atom is 0.0241 e. The largest absolute Gasteiger partial charge is 0.314 e. The molecule has 3 heterocycles. The Morgan fingerprint density at radius 3 is 2.30 bits per heavy atom. The first-order valence-corrected chi connectivity index (χ1v) is 9.10. The SMILES string of the molecule is CCNC1CC2CCCC(C1)N2C1CCN(C2CC2)C1. The van der Waals surface area contributed by atoms with Crippen LogP contribution < -0.4 is 5.32 Å². The zero-order valence-electron chi connectivity index (χ0n) is 13.1. The van der Waals surface area contributed by atoms with Crippen LogP contribution in [0.15, 0.2) is 0 Å². The summed E-state index contributed by atoms with van der Waals surface area (Å²) >= 11 is 0. The van der Waals surface area contributed by atoms with Crippen molar-refractivity contribution in [3.63, 3.8) is 0 Å². The smallest absolute Gasteiger partial charge is 0.0241 e. The van der Waals surface area contributed by atoms with Gasteiger partial charge in [-0.15, -0.1) is 0 Å². The van der Waals surface area contributed by atoms with Gasteiger partial charge in [0.2, 0.25) is 0 Å². The number of fused-ring (bicyclic) bond motifs is 2. The van der Waals surface area contributed by atoms with Crippen molar-refractivity contribution in [3.05, 3.63) is 0 Å². The third-order valence-corrected chi connectivity index (χ3v) is 6.20. The van der Waals surface area contributed by atoms with Gasteiger partial charge in [-0.2, -0.15) is 0 Å². The summed E-state index contributed by atoms with van der Waals surface area (Å²) in [6, 6.07) is 4.42. The van der Waals surface area contributed by atoms with Crippen molar-refractivity contribution >= 4 is 0 Å². The van der Waals surface area contributed by atoms with Gasteiger partial charge < -0.3 is 5.32 Å². The second-order valence-corrected chi connectivity index (χ2v) is 7.58. The van der Waals surface area contributed by atoms with Gasteiger partial charge in [-0.25, -0.2) is 0 Å². The molecule has 3 unspecified atom stereocenters. The number of nitrogens with zero attached hydrogens (tertiary/aromatic N) is 2. The Balaban J connectivity index is 1.42. The molecular formula is C17H31N3. The average Bonchev–Trinajstić information content (AvgIpc) is 3.17. The molecule has 0 radical (unpaired) electrons. The lowest BCUT2D eigenvalue weighted by molar-refractivity contribution is -0.00775. The molecule has 3 heteroatoms. The lowest BCUT2D eigenvalue weighted by atomic mass is 9.80. The number of rotatable bonds is 4. The lowest BCUT2D eigenvalue weighted by Gasteiger charge is -2.51. The number of hydrogen-bond donors (Lipinski definition) is 1. The van der Waals surface area contributed by atoms with Crippen molar-refractivity contribution in [1.29, 1.82) is 0 Å². The van der Waals surface area contributed by atoms with Gasteiger partial charge in [0.1, 0.15) is 0 Å². The molecule has 0 spiro atoms. The average molecular weight is 277 g/mol. The number of piperidine rings is 2. The van der Waals surface area contributed by atoms with Gasteiger partial charge in [-0.05, 0) is 51.5 Å². The predicted molar refractivity (Wildman–Crippen MR) is 83.0 cm³/mol. The lowest BCUT2D eigenvalue weighted by Crippen LogP contribution is -2.60. The highest BCUT2D eigenvalue weighted by Crippen LogP contribution is 2.39. The van der Waals surface area contributed by atoms with Crippen LogP contribution in [-0.4, -0.2) is 59.6 Å². The molecule has 4 aliphatic rings. The quantitative estimate of drug-likeness (QED) is 0.850. The minimum absolute atomic E-state index is 0.799. The highest BCUT2D eigenvalue weighted by atomic mass is 15.3. The van der Waals surface area contributed by atoms with Crippen molar-refractivity contribution in [1.82, 2.24) is 15.1 Å². The van der Waals surface area contributed by atoms with E-state index in [9.17, 15) is 0 Å². The summed E-state index contributed by atoms with van der Waals surface area (Å²) in [6.45, 7) is 6.15. The highest BCUT2D eigenvalue weighted by molar-refractivity contribution is 5.01. The maximum atomic E-state index is 3.72. The van der Waals surface area contributed by atoms with Crippen LogP contribution in [0.3, 0.4) is 0 Å². The van der Waals surface area contributed by atoms with E-state index < -0.39 is 0 Å². The van der Waals surface area contributed by atoms with Gasteiger partial charge >= 0.3 is 0 Å². The fraction of sp³-hybridized carbons (Fsp3) is 1.00. The van der Waals surface area contributed by atoms with Crippen molar-refractivity contribution < 1.29 is 0 Å². The molecule has 3 saturated heterocycles. The molecule has 4 fully saturated rings. The normalized spacial score (nSPS) is 43.0. The van der Waals surface area contributed by atoms with E-state index >= 15 is 0 Å². The Kier molecular flexibility index (Phi) is 3.78. The molecule has 0 aromatic carbocycles. The Morgan fingerprint density at radius 2 is 1.65 bits per heavy atom. The molecule has 20 heavy (non-hydrogen) atoms. The minimum Gasteiger partial charge on any atom is -0.314 e. The number of likely N-dealkylation sites (tertiary alicyclic amines) is 1. The van der Waals surface area contributed by atoms with Crippen LogP contribution in [-0.2, 0) is 0 Å². The zero-order valence-corrected chi connectivity index (χ0v) is 13.1. The van der Waals surface area contributed by atoms with E-state index in [0.29, 0.717) is 0 Å². The van der Waals surface area contributed by atoms with Crippen LogP contribution in [0.4, 0.5) is 0 Å². The molecule has 3 aliphatic heterocycles. The molecule has 1 N–H and O–H groups in total. The van der Waals surface area contributed by atoms with Crippen molar-refractivity contribution in [2.75, 3.05) is 19.6 Å². The maximum absolute atomic E-state index is 3.72. The molecule has 0 aromatic rings. The molecule has 0 amide bonds. The van der Waals surface area contributed by atoms with Crippen LogP contribution in [0.1, 0.15) is 58.3 Å². The molecule has 1 saturated carbocycles. The van der Waals surface area contributed by atoms with E-state index in [0.717, 1.165) is 36.8 Å². The highest BCUT2D eigenvalue weighted by Gasteiger charge is 2.44. The summed E-state index contributed by atoms with van der Waals surface area (Å²) in [7, 11) is 0. The molecule has 114 valence electrons. The van der Waals surface area contributed by atoms with Gasteiger partial charge in [0.25, 0.3) is 0 Å².